The largest absolute Gasteiger partial charge is 0.444 e. The molecule has 0 fully saturated rings. The second kappa shape index (κ2) is 7.02. The first-order valence-electron chi connectivity index (χ1n) is 7.72. The summed E-state index contributed by atoms with van der Waals surface area (Å²) in [6, 6.07) is 1.65. The Balaban J connectivity index is 2.74. The second-order valence-electron chi connectivity index (χ2n) is 7.22. The Morgan fingerprint density at radius 3 is 2.35 bits per heavy atom. The fraction of sp³-hybridized carbons (Fsp3) is 0.688. The molecule has 1 rings (SSSR count). The summed E-state index contributed by atoms with van der Waals surface area (Å²) < 4.78 is 6.74. The summed E-state index contributed by atoms with van der Waals surface area (Å²) in [6.07, 6.45) is 1.07. The lowest BCUT2D eigenvalue weighted by molar-refractivity contribution is 0.0496. The lowest BCUT2D eigenvalue weighted by atomic mass is 9.88. The van der Waals surface area contributed by atoms with Gasteiger partial charge in [0.2, 0.25) is 0 Å². The van der Waals surface area contributed by atoms with Gasteiger partial charge in [0.05, 0.1) is 5.54 Å². The van der Waals surface area contributed by atoms with Crippen LogP contribution >= 0.6 is 0 Å². The number of amides is 2. The van der Waals surface area contributed by atoms with Crippen molar-refractivity contribution in [2.75, 3.05) is 6.54 Å². The van der Waals surface area contributed by atoms with Gasteiger partial charge in [-0.2, -0.15) is 5.10 Å². The zero-order valence-corrected chi connectivity index (χ0v) is 15.1. The summed E-state index contributed by atoms with van der Waals surface area (Å²) in [5.74, 6) is -0.123. The fourth-order valence-corrected chi connectivity index (χ4v) is 1.88. The van der Waals surface area contributed by atoms with Gasteiger partial charge < -0.3 is 15.4 Å². The van der Waals surface area contributed by atoms with E-state index in [-0.39, 0.29) is 18.4 Å². The van der Waals surface area contributed by atoms with Crippen LogP contribution in [0.25, 0.3) is 0 Å². The van der Waals surface area contributed by atoms with Crippen molar-refractivity contribution < 1.29 is 14.3 Å². The average Bonchev–Trinajstić information content (AvgIpc) is 2.80. The second-order valence-corrected chi connectivity index (χ2v) is 7.22. The Hall–Kier alpha value is -2.05. The molecular weight excluding hydrogens is 296 g/mol. The molecule has 1 atom stereocenters. The van der Waals surface area contributed by atoms with Crippen LogP contribution in [0.5, 0.6) is 0 Å². The molecule has 0 aromatic carbocycles. The molecule has 0 aliphatic carbocycles. The molecule has 2 N–H and O–H groups in total. The fourth-order valence-electron chi connectivity index (χ4n) is 1.88. The molecule has 2 amide bonds. The van der Waals surface area contributed by atoms with E-state index in [4.69, 9.17) is 4.74 Å². The zero-order chi connectivity index (χ0) is 17.8. The van der Waals surface area contributed by atoms with Gasteiger partial charge in [0, 0.05) is 19.8 Å². The highest BCUT2D eigenvalue weighted by Gasteiger charge is 2.32. The number of aromatic nitrogens is 2. The summed E-state index contributed by atoms with van der Waals surface area (Å²) in [5, 5.41) is 9.71. The summed E-state index contributed by atoms with van der Waals surface area (Å²) in [5.41, 5.74) is -0.705. The first-order valence-corrected chi connectivity index (χ1v) is 7.72. The van der Waals surface area contributed by atoms with Crippen LogP contribution in [0, 0.1) is 5.92 Å². The number of hydrogen-bond acceptors (Lipinski definition) is 4. The van der Waals surface area contributed by atoms with Crippen molar-refractivity contribution in [3.8, 4) is 0 Å². The SMILES string of the molecule is CC(C)[C@](C)(CNC(=O)OC(C)(C)C)NC(=O)c1ccnn1C. The van der Waals surface area contributed by atoms with Crippen molar-refractivity contribution in [2.45, 2.75) is 52.7 Å². The first-order chi connectivity index (χ1) is 10.4. The molecule has 0 aliphatic heterocycles. The van der Waals surface area contributed by atoms with Crippen LogP contribution in [0.4, 0.5) is 4.79 Å². The number of carbonyl (C=O) groups excluding carboxylic acids is 2. The van der Waals surface area contributed by atoms with Crippen LogP contribution in [0.2, 0.25) is 0 Å². The number of aryl methyl sites for hydroxylation is 1. The normalized spacial score (nSPS) is 14.3. The molecule has 0 bridgehead atoms. The summed E-state index contributed by atoms with van der Waals surface area (Å²) in [6.45, 7) is 11.5. The molecule has 0 spiro atoms. The molecule has 1 aromatic heterocycles. The van der Waals surface area contributed by atoms with E-state index in [1.54, 1.807) is 40.1 Å². The van der Waals surface area contributed by atoms with Crippen LogP contribution in [0.15, 0.2) is 12.3 Å². The zero-order valence-electron chi connectivity index (χ0n) is 15.1. The standard InChI is InChI=1S/C16H28N4O3/c1-11(2)16(6,10-17-14(22)23-15(3,4)5)19-13(21)12-8-9-18-20(12)7/h8-9,11H,10H2,1-7H3,(H,17,22)(H,19,21)/t16-/m0/s1. The van der Waals surface area contributed by atoms with Crippen LogP contribution in [-0.4, -0.2) is 39.5 Å². The number of ether oxygens (including phenoxy) is 1. The van der Waals surface area contributed by atoms with Gasteiger partial charge in [0.15, 0.2) is 0 Å². The number of rotatable bonds is 5. The van der Waals surface area contributed by atoms with Crippen LogP contribution in [0.3, 0.4) is 0 Å². The third-order valence-corrected chi connectivity index (χ3v) is 3.73. The van der Waals surface area contributed by atoms with Gasteiger partial charge in [-0.15, -0.1) is 0 Å². The van der Waals surface area contributed by atoms with Crippen LogP contribution in [0.1, 0.15) is 52.0 Å². The van der Waals surface area contributed by atoms with Crippen LogP contribution in [-0.2, 0) is 11.8 Å². The minimum atomic E-state index is -0.613. The van der Waals surface area contributed by atoms with Crippen molar-refractivity contribution in [3.05, 3.63) is 18.0 Å². The molecule has 7 heteroatoms. The van der Waals surface area contributed by atoms with Gasteiger partial charge >= 0.3 is 6.09 Å². The Morgan fingerprint density at radius 2 is 1.91 bits per heavy atom. The molecule has 1 heterocycles. The Morgan fingerprint density at radius 1 is 1.30 bits per heavy atom. The third kappa shape index (κ3) is 5.58. The van der Waals surface area contributed by atoms with E-state index in [1.165, 1.54) is 4.68 Å². The maximum atomic E-state index is 12.4. The monoisotopic (exact) mass is 324 g/mol. The smallest absolute Gasteiger partial charge is 0.407 e. The molecule has 1 aromatic rings. The number of carbonyl (C=O) groups is 2. The van der Waals surface area contributed by atoms with E-state index in [0.29, 0.717) is 5.69 Å². The Bertz CT molecular complexity index is 560. The highest BCUT2D eigenvalue weighted by atomic mass is 16.6. The number of nitrogens with zero attached hydrogens (tertiary/aromatic N) is 2. The summed E-state index contributed by atoms with van der Waals surface area (Å²) in [7, 11) is 1.71. The first kappa shape index (κ1) is 19.0. The van der Waals surface area contributed by atoms with Gasteiger partial charge in [-0.1, -0.05) is 13.8 Å². The summed E-state index contributed by atoms with van der Waals surface area (Å²) >= 11 is 0. The van der Waals surface area contributed by atoms with E-state index in [2.05, 4.69) is 15.7 Å². The molecule has 130 valence electrons. The van der Waals surface area contributed by atoms with Gasteiger partial charge in [-0.05, 0) is 39.7 Å². The lowest BCUT2D eigenvalue weighted by Crippen LogP contribution is -2.57. The molecule has 0 unspecified atom stereocenters. The van der Waals surface area contributed by atoms with Gasteiger partial charge in [-0.3, -0.25) is 9.48 Å². The van der Waals surface area contributed by atoms with Gasteiger partial charge in [0.1, 0.15) is 11.3 Å². The van der Waals surface area contributed by atoms with Gasteiger partial charge in [-0.25, -0.2) is 4.79 Å². The predicted octanol–water partition coefficient (Wildman–Crippen LogP) is 2.09. The number of nitrogens with one attached hydrogen (secondary N) is 2. The number of alkyl carbamates (subject to hydrolysis) is 1. The van der Waals surface area contributed by atoms with Crippen molar-refractivity contribution in [1.29, 1.82) is 0 Å². The summed E-state index contributed by atoms with van der Waals surface area (Å²) in [4.78, 5) is 24.2. The van der Waals surface area contributed by atoms with Gasteiger partial charge in [0.25, 0.3) is 5.91 Å². The Labute approximate surface area is 137 Å². The van der Waals surface area contributed by atoms with E-state index in [1.807, 2.05) is 20.8 Å². The van der Waals surface area contributed by atoms with E-state index < -0.39 is 17.2 Å². The van der Waals surface area contributed by atoms with Crippen molar-refractivity contribution >= 4 is 12.0 Å². The molecule has 23 heavy (non-hydrogen) atoms. The van der Waals surface area contributed by atoms with Crippen LogP contribution < -0.4 is 10.6 Å². The quantitative estimate of drug-likeness (QED) is 0.868. The lowest BCUT2D eigenvalue weighted by Gasteiger charge is -2.35. The van der Waals surface area contributed by atoms with Crippen molar-refractivity contribution in [2.24, 2.45) is 13.0 Å². The molecule has 0 aliphatic rings. The minimum Gasteiger partial charge on any atom is -0.444 e. The molecule has 0 saturated carbocycles. The molecule has 7 nitrogen and oxygen atoms in total. The highest BCUT2D eigenvalue weighted by Crippen LogP contribution is 2.17. The highest BCUT2D eigenvalue weighted by molar-refractivity contribution is 5.93. The minimum absolute atomic E-state index is 0.106. The topological polar surface area (TPSA) is 85.2 Å². The molecule has 0 saturated heterocycles. The van der Waals surface area contributed by atoms with E-state index in [9.17, 15) is 9.59 Å². The van der Waals surface area contributed by atoms with E-state index >= 15 is 0 Å². The third-order valence-electron chi connectivity index (χ3n) is 3.73. The molecular formula is C16H28N4O3. The maximum Gasteiger partial charge on any atom is 0.407 e. The van der Waals surface area contributed by atoms with Crippen molar-refractivity contribution in [1.82, 2.24) is 20.4 Å². The van der Waals surface area contributed by atoms with Crippen molar-refractivity contribution in [3.63, 3.8) is 0 Å². The average molecular weight is 324 g/mol. The maximum absolute atomic E-state index is 12.4. The Kier molecular flexibility index (Phi) is 5.80. The molecule has 0 radical (unpaired) electrons. The number of hydrogen-bond donors (Lipinski definition) is 2. The predicted molar refractivity (Wildman–Crippen MR) is 88.2 cm³/mol. The van der Waals surface area contributed by atoms with E-state index in [0.717, 1.165) is 0 Å².